The highest BCUT2D eigenvalue weighted by molar-refractivity contribution is 7.89. The van der Waals surface area contributed by atoms with Crippen LogP contribution in [0, 0.1) is 17.0 Å². The van der Waals surface area contributed by atoms with Gasteiger partial charge in [0.05, 0.1) is 14.8 Å². The van der Waals surface area contributed by atoms with Crippen LogP contribution in [0.5, 0.6) is 0 Å². The van der Waals surface area contributed by atoms with Crippen LogP contribution in [0.3, 0.4) is 0 Å². The molecule has 0 aliphatic carbocycles. The number of hydrogen-bond acceptors (Lipinski definition) is 5. The lowest BCUT2D eigenvalue weighted by molar-refractivity contribution is -0.385. The molecule has 0 heterocycles. The zero-order valence-electron chi connectivity index (χ0n) is 9.51. The Morgan fingerprint density at radius 2 is 2.11 bits per heavy atom. The zero-order valence-corrected chi connectivity index (χ0v) is 11.9. The van der Waals surface area contributed by atoms with Gasteiger partial charge in [0.15, 0.2) is 5.11 Å². The second kappa shape index (κ2) is 5.65. The van der Waals surface area contributed by atoms with Gasteiger partial charge in [-0.1, -0.05) is 11.6 Å². The molecule has 0 unspecified atom stereocenters. The van der Waals surface area contributed by atoms with Gasteiger partial charge in [0.2, 0.25) is 0 Å². The van der Waals surface area contributed by atoms with E-state index in [1.807, 2.05) is 10.3 Å². The van der Waals surface area contributed by atoms with Gasteiger partial charge in [0.1, 0.15) is 0 Å². The molecule has 0 bridgehead atoms. The maximum atomic E-state index is 11.8. The molecule has 0 aliphatic rings. The molecule has 104 valence electrons. The summed E-state index contributed by atoms with van der Waals surface area (Å²) in [7, 11) is -4.07. The van der Waals surface area contributed by atoms with Crippen molar-refractivity contribution < 1.29 is 13.3 Å². The van der Waals surface area contributed by atoms with Crippen LogP contribution in [0.1, 0.15) is 5.56 Å². The molecular formula is C8H9ClN4O4S2. The van der Waals surface area contributed by atoms with E-state index in [0.717, 1.165) is 12.1 Å². The quantitative estimate of drug-likeness (QED) is 0.420. The molecule has 1 rings (SSSR count). The number of nitrogens with one attached hydrogen (secondary N) is 2. The molecule has 4 N–H and O–H groups in total. The Hall–Kier alpha value is -1.49. The molecule has 8 nitrogen and oxygen atoms in total. The van der Waals surface area contributed by atoms with Crippen LogP contribution in [0.2, 0.25) is 5.02 Å². The molecule has 11 heteroatoms. The summed E-state index contributed by atoms with van der Waals surface area (Å²) in [6, 6.07) is 1.98. The first-order valence-electron chi connectivity index (χ1n) is 4.67. The maximum absolute atomic E-state index is 11.8. The lowest BCUT2D eigenvalue weighted by atomic mass is 10.2. The topological polar surface area (TPSA) is 127 Å². The van der Waals surface area contributed by atoms with Crippen LogP contribution in [0.15, 0.2) is 17.0 Å². The number of rotatable bonds is 4. The fourth-order valence-electron chi connectivity index (χ4n) is 1.16. The van der Waals surface area contributed by atoms with E-state index in [2.05, 4.69) is 12.2 Å². The van der Waals surface area contributed by atoms with E-state index in [4.69, 9.17) is 17.3 Å². The summed E-state index contributed by atoms with van der Waals surface area (Å²) in [5.74, 6) is 0. The van der Waals surface area contributed by atoms with Crippen LogP contribution < -0.4 is 16.0 Å². The number of hydrazine groups is 1. The first kappa shape index (κ1) is 15.6. The van der Waals surface area contributed by atoms with E-state index in [-0.39, 0.29) is 20.6 Å². The minimum absolute atomic E-state index is 0.0371. The van der Waals surface area contributed by atoms with Crippen molar-refractivity contribution in [3.63, 3.8) is 0 Å². The average molecular weight is 325 g/mol. The number of nitro groups is 1. The molecule has 1 aromatic carbocycles. The highest BCUT2D eigenvalue weighted by Crippen LogP contribution is 2.29. The molecule has 0 aliphatic heterocycles. The largest absolute Gasteiger partial charge is 0.375 e. The van der Waals surface area contributed by atoms with E-state index in [9.17, 15) is 18.5 Å². The second-order valence-electron chi connectivity index (χ2n) is 3.40. The number of benzene rings is 1. The van der Waals surface area contributed by atoms with Gasteiger partial charge in [-0.3, -0.25) is 15.5 Å². The molecule has 0 fully saturated rings. The lowest BCUT2D eigenvalue weighted by Gasteiger charge is -2.09. The summed E-state index contributed by atoms with van der Waals surface area (Å²) in [5, 5.41) is 10.5. The molecule has 19 heavy (non-hydrogen) atoms. The van der Waals surface area contributed by atoms with Crippen molar-refractivity contribution in [3.05, 3.63) is 32.8 Å². The molecule has 0 amide bonds. The Bertz CT molecular complexity index is 646. The zero-order chi connectivity index (χ0) is 14.8. The van der Waals surface area contributed by atoms with Gasteiger partial charge in [-0.25, -0.2) is 8.42 Å². The van der Waals surface area contributed by atoms with Crippen LogP contribution in [-0.2, 0) is 10.0 Å². The standard InChI is InChI=1S/C8H9ClN4O4S2/c1-4-6(9)2-5(3-7(4)13(14)15)19(16,17)12-11-8(10)18/h2-3,12H,1H3,(H3,10,11,18). The number of nitrogens with zero attached hydrogens (tertiary/aromatic N) is 1. The molecule has 0 spiro atoms. The van der Waals surface area contributed by atoms with Crippen LogP contribution >= 0.6 is 23.8 Å². The summed E-state index contributed by atoms with van der Waals surface area (Å²) in [6.45, 7) is 1.41. The second-order valence-corrected chi connectivity index (χ2v) is 5.93. The number of nitrogens with two attached hydrogens (primary N) is 1. The van der Waals surface area contributed by atoms with Gasteiger partial charge >= 0.3 is 0 Å². The average Bonchev–Trinajstić information content (AvgIpc) is 2.29. The Morgan fingerprint density at radius 3 is 2.58 bits per heavy atom. The van der Waals surface area contributed by atoms with Gasteiger partial charge in [0.25, 0.3) is 15.7 Å². The first-order chi connectivity index (χ1) is 8.65. The van der Waals surface area contributed by atoms with Gasteiger partial charge in [-0.15, -0.1) is 4.83 Å². The van der Waals surface area contributed by atoms with E-state index >= 15 is 0 Å². The predicted octanol–water partition coefficient (Wildman–Crippen LogP) is 0.583. The molecule has 0 atom stereocenters. The normalized spacial score (nSPS) is 11.1. The summed E-state index contributed by atoms with van der Waals surface area (Å²) >= 11 is 10.2. The predicted molar refractivity (Wildman–Crippen MR) is 73.1 cm³/mol. The number of halogens is 1. The Labute approximate surface area is 119 Å². The van der Waals surface area contributed by atoms with Crippen molar-refractivity contribution >= 4 is 44.6 Å². The SMILES string of the molecule is Cc1c(Cl)cc(S(=O)(=O)NNC(N)=S)cc1[N+](=O)[O-]. The van der Waals surface area contributed by atoms with Crippen LogP contribution in [-0.4, -0.2) is 18.5 Å². The fraction of sp³-hybridized carbons (Fsp3) is 0.125. The number of sulfonamides is 1. The summed E-state index contributed by atoms with van der Waals surface area (Å²) < 4.78 is 23.6. The van der Waals surface area contributed by atoms with Crippen molar-refractivity contribution in [1.29, 1.82) is 0 Å². The third-order valence-corrected chi connectivity index (χ3v) is 3.83. The van der Waals surface area contributed by atoms with Crippen molar-refractivity contribution in [2.24, 2.45) is 5.73 Å². The van der Waals surface area contributed by atoms with E-state index in [1.54, 1.807) is 0 Å². The van der Waals surface area contributed by atoms with E-state index < -0.39 is 20.6 Å². The van der Waals surface area contributed by atoms with Crippen molar-refractivity contribution in [2.75, 3.05) is 0 Å². The number of hydrogen-bond donors (Lipinski definition) is 3. The number of nitro benzene ring substituents is 1. The lowest BCUT2D eigenvalue weighted by Crippen LogP contribution is -2.44. The van der Waals surface area contributed by atoms with Crippen LogP contribution in [0.4, 0.5) is 5.69 Å². The minimum atomic E-state index is -4.07. The summed E-state index contributed by atoms with van der Waals surface area (Å²) in [4.78, 5) is 11.6. The van der Waals surface area contributed by atoms with Crippen molar-refractivity contribution in [3.8, 4) is 0 Å². The fourth-order valence-corrected chi connectivity index (χ4v) is 2.46. The Morgan fingerprint density at radius 1 is 1.53 bits per heavy atom. The Kier molecular flexibility index (Phi) is 4.63. The molecule has 0 saturated heterocycles. The smallest absolute Gasteiger partial charge is 0.275 e. The third-order valence-electron chi connectivity index (χ3n) is 2.11. The number of thiocarbonyl (C=S) groups is 1. The van der Waals surface area contributed by atoms with Gasteiger partial charge in [-0.2, -0.15) is 0 Å². The van der Waals surface area contributed by atoms with E-state index in [1.165, 1.54) is 6.92 Å². The molecule has 0 aromatic heterocycles. The minimum Gasteiger partial charge on any atom is -0.375 e. The molecule has 1 aromatic rings. The Balaban J connectivity index is 3.28. The highest BCUT2D eigenvalue weighted by atomic mass is 35.5. The third kappa shape index (κ3) is 3.73. The first-order valence-corrected chi connectivity index (χ1v) is 6.94. The van der Waals surface area contributed by atoms with Crippen LogP contribution in [0.25, 0.3) is 0 Å². The maximum Gasteiger partial charge on any atom is 0.275 e. The monoisotopic (exact) mass is 324 g/mol. The van der Waals surface area contributed by atoms with Gasteiger partial charge in [0, 0.05) is 11.6 Å². The molecular weight excluding hydrogens is 316 g/mol. The molecule has 0 radical (unpaired) electrons. The van der Waals surface area contributed by atoms with Gasteiger partial charge in [-0.05, 0) is 25.2 Å². The molecule has 0 saturated carbocycles. The van der Waals surface area contributed by atoms with E-state index in [0.29, 0.717) is 0 Å². The van der Waals surface area contributed by atoms with Gasteiger partial charge < -0.3 is 5.73 Å². The highest BCUT2D eigenvalue weighted by Gasteiger charge is 2.22. The van der Waals surface area contributed by atoms with Crippen molar-refractivity contribution in [2.45, 2.75) is 11.8 Å². The summed E-state index contributed by atoms with van der Waals surface area (Å²) in [5.41, 5.74) is 6.87. The van der Waals surface area contributed by atoms with Crippen molar-refractivity contribution in [1.82, 2.24) is 10.3 Å². The summed E-state index contributed by atoms with van der Waals surface area (Å²) in [6.07, 6.45) is 0.